The van der Waals surface area contributed by atoms with Crippen molar-refractivity contribution >= 4 is 18.1 Å². The van der Waals surface area contributed by atoms with Gasteiger partial charge in [-0.05, 0) is 53.9 Å². The first kappa shape index (κ1) is 21.5. The Hall–Kier alpha value is -0.526. The van der Waals surface area contributed by atoms with E-state index in [-0.39, 0.29) is 30.0 Å². The zero-order valence-electron chi connectivity index (χ0n) is 15.7. The Morgan fingerprint density at radius 3 is 1.23 bits per heavy atom. The molecule has 4 heteroatoms. The third kappa shape index (κ3) is 7.65. The fraction of sp³-hybridized carbons (Fsp3) is 0.778. The van der Waals surface area contributed by atoms with Gasteiger partial charge in [-0.25, -0.2) is 0 Å². The molecule has 0 aromatic rings. The topological polar surface area (TPSA) is 18.5 Å². The summed E-state index contributed by atoms with van der Waals surface area (Å²) < 4.78 is 12.6. The van der Waals surface area contributed by atoms with Gasteiger partial charge in [0.1, 0.15) is 0 Å². The molecule has 2 radical (unpaired) electrons. The van der Waals surface area contributed by atoms with Crippen LogP contribution in [0.1, 0.15) is 34.6 Å². The molecule has 5 atom stereocenters. The maximum absolute atomic E-state index is 6.30. The molecule has 0 N–H and O–H groups in total. The first-order valence-electron chi connectivity index (χ1n) is 8.02. The molecule has 0 fully saturated rings. The Kier molecular flexibility index (Phi) is 10.8. The van der Waals surface area contributed by atoms with Gasteiger partial charge in [-0.15, -0.1) is 11.8 Å². The van der Waals surface area contributed by atoms with Crippen LogP contribution in [0.15, 0.2) is 0 Å². The van der Waals surface area contributed by atoms with Crippen molar-refractivity contribution in [1.29, 1.82) is 0 Å². The van der Waals surface area contributed by atoms with Gasteiger partial charge >= 0.3 is 0 Å². The predicted molar refractivity (Wildman–Crippen MR) is 99.1 cm³/mol. The quantitative estimate of drug-likeness (QED) is 0.488. The van der Waals surface area contributed by atoms with Crippen molar-refractivity contribution in [2.45, 2.75) is 73.0 Å². The zero-order chi connectivity index (χ0) is 17.3. The molecule has 0 aromatic carbocycles. The third-order valence-corrected chi connectivity index (χ3v) is 5.00. The molecule has 0 rings (SSSR count). The van der Waals surface area contributed by atoms with E-state index in [4.69, 9.17) is 8.85 Å². The maximum Gasteiger partial charge on any atom is 0.205 e. The molecule has 0 spiro atoms. The molecule has 124 valence electrons. The minimum Gasteiger partial charge on any atom is -0.413 e. The number of hydrogen-bond donors (Lipinski definition) is 0. The van der Waals surface area contributed by atoms with Crippen molar-refractivity contribution in [3.05, 3.63) is 0 Å². The fourth-order valence-corrected chi connectivity index (χ4v) is 4.61. The molecule has 2 nitrogen and oxygen atoms in total. The van der Waals surface area contributed by atoms with Crippen LogP contribution in [0.3, 0.4) is 0 Å². The van der Waals surface area contributed by atoms with Crippen LogP contribution >= 0.6 is 0 Å². The van der Waals surface area contributed by atoms with E-state index >= 15 is 0 Å². The molecular weight excluding hydrogens is 304 g/mol. The Morgan fingerprint density at radius 1 is 0.682 bits per heavy atom. The van der Waals surface area contributed by atoms with E-state index in [0.717, 1.165) is 0 Å². The van der Waals surface area contributed by atoms with Crippen molar-refractivity contribution in [2.24, 2.45) is 17.8 Å². The summed E-state index contributed by atoms with van der Waals surface area (Å²) in [7, 11) is -1.58. The van der Waals surface area contributed by atoms with E-state index in [2.05, 4.69) is 70.6 Å². The summed E-state index contributed by atoms with van der Waals surface area (Å²) in [6.45, 7) is 19.0. The second-order valence-corrected chi connectivity index (χ2v) is 10.3. The Morgan fingerprint density at radius 2 is 1.00 bits per heavy atom. The van der Waals surface area contributed by atoms with Gasteiger partial charge in [0.25, 0.3) is 0 Å². The molecule has 0 aliphatic rings. The fourth-order valence-electron chi connectivity index (χ4n) is 2.68. The van der Waals surface area contributed by atoms with E-state index in [9.17, 15) is 0 Å². The zero-order valence-corrected chi connectivity index (χ0v) is 17.7. The second kappa shape index (κ2) is 11.1. The summed E-state index contributed by atoms with van der Waals surface area (Å²) >= 11 is 0. The van der Waals surface area contributed by atoms with Gasteiger partial charge in [0, 0.05) is 17.8 Å². The highest BCUT2D eigenvalue weighted by atomic mass is 28.3. The van der Waals surface area contributed by atoms with Crippen molar-refractivity contribution in [3.63, 3.8) is 0 Å². The van der Waals surface area contributed by atoms with Crippen LogP contribution in [0, 0.1) is 41.4 Å². The molecule has 0 saturated heterocycles. The number of hydrogen-bond acceptors (Lipinski definition) is 2. The highest BCUT2D eigenvalue weighted by Crippen LogP contribution is 2.27. The van der Waals surface area contributed by atoms with Crippen LogP contribution in [-0.2, 0) is 8.85 Å². The second-order valence-electron chi connectivity index (χ2n) is 6.21. The molecule has 0 aliphatic carbocycles. The van der Waals surface area contributed by atoms with E-state index in [1.54, 1.807) is 0 Å². The van der Waals surface area contributed by atoms with Crippen LogP contribution in [-0.4, -0.2) is 30.3 Å². The van der Waals surface area contributed by atoms with Crippen LogP contribution in [0.5, 0.6) is 0 Å². The van der Waals surface area contributed by atoms with Crippen molar-refractivity contribution in [1.82, 2.24) is 0 Å². The summed E-state index contributed by atoms with van der Waals surface area (Å²) in [5, 5.41) is 0. The molecular formula is C18H32O2Si2. The Balaban J connectivity index is 5.40. The smallest absolute Gasteiger partial charge is 0.205 e. The van der Waals surface area contributed by atoms with Gasteiger partial charge in [0.05, 0.1) is 12.2 Å². The van der Waals surface area contributed by atoms with Gasteiger partial charge in [-0.3, -0.25) is 0 Å². The van der Waals surface area contributed by atoms with E-state index in [1.807, 2.05) is 13.8 Å². The summed E-state index contributed by atoms with van der Waals surface area (Å²) in [4.78, 5) is 0. The maximum atomic E-state index is 6.30. The summed E-state index contributed by atoms with van der Waals surface area (Å²) in [5.74, 6) is 13.3. The van der Waals surface area contributed by atoms with Crippen molar-refractivity contribution in [3.8, 4) is 23.7 Å². The van der Waals surface area contributed by atoms with Crippen molar-refractivity contribution in [2.75, 3.05) is 0 Å². The minimum atomic E-state index is -0.790. The Bertz CT molecular complexity index is 386. The van der Waals surface area contributed by atoms with E-state index < -0.39 is 18.1 Å². The standard InChI is InChI=1S/C18H32O2Si2/c1-10-12-14(3)17(19-21(6)7)16(5)18(20-22(8)9)15(4)13-11-2/h14-18H,1-9H3/t14-,15-,16?,17-,18+/m1/s1. The summed E-state index contributed by atoms with van der Waals surface area (Å²) in [6.07, 6.45) is 0.201. The molecule has 0 aliphatic heterocycles. The van der Waals surface area contributed by atoms with Crippen LogP contribution in [0.4, 0.5) is 0 Å². The van der Waals surface area contributed by atoms with Gasteiger partial charge in [-0.2, -0.15) is 0 Å². The highest BCUT2D eigenvalue weighted by molar-refractivity contribution is 6.48. The Labute approximate surface area is 141 Å². The average Bonchev–Trinajstić information content (AvgIpc) is 2.41. The lowest BCUT2D eigenvalue weighted by Gasteiger charge is -2.36. The average molecular weight is 337 g/mol. The monoisotopic (exact) mass is 336 g/mol. The summed E-state index contributed by atoms with van der Waals surface area (Å²) in [6, 6.07) is 0. The van der Waals surface area contributed by atoms with Gasteiger partial charge in [-0.1, -0.05) is 18.8 Å². The summed E-state index contributed by atoms with van der Waals surface area (Å²) in [5.41, 5.74) is 0. The predicted octanol–water partition coefficient (Wildman–Crippen LogP) is 4.21. The van der Waals surface area contributed by atoms with Gasteiger partial charge < -0.3 is 8.85 Å². The van der Waals surface area contributed by atoms with Crippen LogP contribution in [0.25, 0.3) is 0 Å². The molecule has 0 heterocycles. The van der Waals surface area contributed by atoms with Crippen LogP contribution < -0.4 is 0 Å². The molecule has 1 unspecified atom stereocenters. The van der Waals surface area contributed by atoms with E-state index in [1.165, 1.54) is 0 Å². The van der Waals surface area contributed by atoms with E-state index in [0.29, 0.717) is 0 Å². The van der Waals surface area contributed by atoms with Gasteiger partial charge in [0.2, 0.25) is 18.1 Å². The first-order valence-corrected chi connectivity index (χ1v) is 12.8. The molecule has 0 amide bonds. The van der Waals surface area contributed by atoms with Crippen LogP contribution in [0.2, 0.25) is 26.2 Å². The van der Waals surface area contributed by atoms with Crippen molar-refractivity contribution < 1.29 is 8.85 Å². The normalized spacial score (nSPS) is 17.8. The van der Waals surface area contributed by atoms with Gasteiger partial charge in [0.15, 0.2) is 0 Å². The number of rotatable bonds is 8. The molecule has 0 aromatic heterocycles. The lowest BCUT2D eigenvalue weighted by Crippen LogP contribution is -2.43. The lowest BCUT2D eigenvalue weighted by molar-refractivity contribution is 0.0172. The molecule has 0 bridgehead atoms. The first-order chi connectivity index (χ1) is 10.2. The largest absolute Gasteiger partial charge is 0.413 e. The minimum absolute atomic E-state index is 0.101. The third-order valence-electron chi connectivity index (χ3n) is 3.51. The SMILES string of the molecule is CC#C[C@@H](C)[C@H](O[Si](C)C)C(C)[C@H](O[Si](C)C)[C@H](C)C#CC. The highest BCUT2D eigenvalue weighted by Gasteiger charge is 2.34. The molecule has 0 saturated carbocycles. The molecule has 22 heavy (non-hydrogen) atoms. The lowest BCUT2D eigenvalue weighted by atomic mass is 9.84.